The van der Waals surface area contributed by atoms with Crippen LogP contribution in [0.4, 0.5) is 5.82 Å². The van der Waals surface area contributed by atoms with Crippen LogP contribution in [0.1, 0.15) is 42.1 Å². The average Bonchev–Trinajstić information content (AvgIpc) is 2.75. The summed E-state index contributed by atoms with van der Waals surface area (Å²) in [5.74, 6) is -0.377. The number of nitrogens with two attached hydrogens (primary N) is 2. The number of nitrogens with zero attached hydrogens (tertiary/aromatic N) is 2. The summed E-state index contributed by atoms with van der Waals surface area (Å²) in [6, 6.07) is 0.207. The van der Waals surface area contributed by atoms with E-state index in [-0.39, 0.29) is 23.5 Å². The molecule has 1 amide bonds. The second kappa shape index (κ2) is 6.07. The molecule has 0 atom stereocenters. The van der Waals surface area contributed by atoms with Crippen molar-refractivity contribution in [3.63, 3.8) is 0 Å². The van der Waals surface area contributed by atoms with E-state index in [0.29, 0.717) is 0 Å². The number of hydrogen-bond acceptors (Lipinski definition) is 4. The largest absolute Gasteiger partial charge is 0.393 e. The third kappa shape index (κ3) is 3.02. The molecule has 0 aliphatic heterocycles. The van der Waals surface area contributed by atoms with E-state index in [1.165, 1.54) is 0 Å². The van der Waals surface area contributed by atoms with Gasteiger partial charge in [-0.15, -0.1) is 12.8 Å². The molecular weight excluding hydrogens is 232 g/mol. The number of primary amides is 1. The van der Waals surface area contributed by atoms with Crippen molar-refractivity contribution in [2.24, 2.45) is 5.73 Å². The van der Waals surface area contributed by atoms with Crippen molar-refractivity contribution in [2.45, 2.75) is 37.8 Å². The number of aliphatic hydroxyl groups is 1. The monoisotopic (exact) mass is 250 g/mol. The van der Waals surface area contributed by atoms with E-state index < -0.39 is 5.91 Å². The van der Waals surface area contributed by atoms with Gasteiger partial charge in [0.2, 0.25) is 0 Å². The molecule has 0 aromatic carbocycles. The van der Waals surface area contributed by atoms with E-state index in [1.54, 1.807) is 10.9 Å². The Bertz CT molecular complexity index is 431. The number of amides is 1. The summed E-state index contributed by atoms with van der Waals surface area (Å²) in [5, 5.41) is 13.5. The van der Waals surface area contributed by atoms with Crippen molar-refractivity contribution in [1.29, 1.82) is 0 Å². The number of terminal acetylenes is 1. The Labute approximate surface area is 106 Å². The fourth-order valence-corrected chi connectivity index (χ4v) is 2.11. The van der Waals surface area contributed by atoms with E-state index in [9.17, 15) is 9.90 Å². The molecule has 0 unspecified atom stereocenters. The maximum atomic E-state index is 11.0. The summed E-state index contributed by atoms with van der Waals surface area (Å²) < 4.78 is 1.70. The predicted molar refractivity (Wildman–Crippen MR) is 68.6 cm³/mol. The minimum atomic E-state index is -0.556. The van der Waals surface area contributed by atoms with Crippen LogP contribution < -0.4 is 11.5 Å². The van der Waals surface area contributed by atoms with Crippen LogP contribution in [0.5, 0.6) is 0 Å². The van der Waals surface area contributed by atoms with Crippen LogP contribution in [-0.4, -0.2) is 26.9 Å². The molecule has 1 aliphatic rings. The Morgan fingerprint density at radius 3 is 2.39 bits per heavy atom. The lowest BCUT2D eigenvalue weighted by Crippen LogP contribution is -2.21. The van der Waals surface area contributed by atoms with Gasteiger partial charge in [0.05, 0.1) is 12.1 Å². The number of rotatable bonds is 2. The lowest BCUT2D eigenvalue weighted by atomic mass is 9.93. The first kappa shape index (κ1) is 14.1. The van der Waals surface area contributed by atoms with Crippen molar-refractivity contribution in [3.05, 3.63) is 11.8 Å². The zero-order valence-corrected chi connectivity index (χ0v) is 10.1. The molecule has 0 radical (unpaired) electrons. The topological polar surface area (TPSA) is 107 Å². The van der Waals surface area contributed by atoms with Gasteiger partial charge >= 0.3 is 0 Å². The molecule has 1 heterocycles. The van der Waals surface area contributed by atoms with Gasteiger partial charge < -0.3 is 16.6 Å². The summed E-state index contributed by atoms with van der Waals surface area (Å²) in [7, 11) is 0. The lowest BCUT2D eigenvalue weighted by molar-refractivity contribution is 0.0998. The normalized spacial score (nSPS) is 22.8. The minimum absolute atomic E-state index is 0.179. The van der Waals surface area contributed by atoms with Gasteiger partial charge in [-0.2, -0.15) is 5.10 Å². The number of nitrogen functional groups attached to an aromatic ring is 1. The molecule has 1 fully saturated rings. The third-order valence-electron chi connectivity index (χ3n) is 3.07. The summed E-state index contributed by atoms with van der Waals surface area (Å²) in [6.07, 6.45) is 12.6. The molecule has 2 rings (SSSR count). The molecule has 0 spiro atoms. The fourth-order valence-electron chi connectivity index (χ4n) is 2.11. The zero-order chi connectivity index (χ0) is 13.7. The molecule has 1 aliphatic carbocycles. The van der Waals surface area contributed by atoms with E-state index in [0.717, 1.165) is 25.7 Å². The van der Waals surface area contributed by atoms with Crippen LogP contribution in [-0.2, 0) is 0 Å². The number of hydrogen-bond donors (Lipinski definition) is 3. The number of carbonyl (C=O) groups excluding carboxylic acids is 1. The molecule has 1 aromatic heterocycles. The van der Waals surface area contributed by atoms with Crippen molar-refractivity contribution in [3.8, 4) is 12.8 Å². The smallest absolute Gasteiger partial charge is 0.254 e. The van der Waals surface area contributed by atoms with E-state index in [4.69, 9.17) is 11.5 Å². The molecule has 18 heavy (non-hydrogen) atoms. The van der Waals surface area contributed by atoms with Crippen LogP contribution in [0, 0.1) is 12.8 Å². The predicted octanol–water partition coefficient (Wildman–Crippen LogP) is 0.290. The SMILES string of the molecule is C#C.NC(=O)c1cn(C2CCC(O)CC2)nc1N. The minimum Gasteiger partial charge on any atom is -0.393 e. The third-order valence-corrected chi connectivity index (χ3v) is 3.07. The van der Waals surface area contributed by atoms with Crippen LogP contribution in [0.3, 0.4) is 0 Å². The van der Waals surface area contributed by atoms with Crippen molar-refractivity contribution in [1.82, 2.24) is 9.78 Å². The van der Waals surface area contributed by atoms with Gasteiger partial charge in [-0.3, -0.25) is 9.48 Å². The Hall–Kier alpha value is -2.00. The van der Waals surface area contributed by atoms with Gasteiger partial charge in [0.25, 0.3) is 5.91 Å². The summed E-state index contributed by atoms with van der Waals surface area (Å²) in [5.41, 5.74) is 11.0. The van der Waals surface area contributed by atoms with E-state index >= 15 is 0 Å². The van der Waals surface area contributed by atoms with Crippen LogP contribution in [0.2, 0.25) is 0 Å². The molecule has 98 valence electrons. The highest BCUT2D eigenvalue weighted by atomic mass is 16.3. The molecule has 6 heteroatoms. The number of carbonyl (C=O) groups is 1. The Balaban J connectivity index is 0.000000771. The number of aromatic nitrogens is 2. The van der Waals surface area contributed by atoms with Gasteiger partial charge in [-0.1, -0.05) is 0 Å². The first-order chi connectivity index (χ1) is 8.58. The number of aliphatic hydroxyl groups excluding tert-OH is 1. The molecule has 0 bridgehead atoms. The molecule has 0 saturated heterocycles. The van der Waals surface area contributed by atoms with Crippen LogP contribution in [0.15, 0.2) is 6.20 Å². The number of anilines is 1. The second-order valence-corrected chi connectivity index (χ2v) is 4.23. The standard InChI is InChI=1S/C10H16N4O2.C2H2/c11-9-8(10(12)16)5-14(13-9)6-1-3-7(15)4-2-6;1-2/h5-7,15H,1-4H2,(H2,11,13)(H2,12,16);1-2H. The maximum absolute atomic E-state index is 11.0. The van der Waals surface area contributed by atoms with Crippen molar-refractivity contribution >= 4 is 11.7 Å². The molecule has 1 aromatic rings. The Morgan fingerprint density at radius 2 is 1.94 bits per heavy atom. The van der Waals surface area contributed by atoms with E-state index in [2.05, 4.69) is 17.9 Å². The highest BCUT2D eigenvalue weighted by Crippen LogP contribution is 2.28. The Morgan fingerprint density at radius 1 is 1.39 bits per heavy atom. The average molecular weight is 250 g/mol. The molecule has 5 N–H and O–H groups in total. The first-order valence-corrected chi connectivity index (χ1v) is 5.73. The summed E-state index contributed by atoms with van der Waals surface area (Å²) in [6.45, 7) is 0. The summed E-state index contributed by atoms with van der Waals surface area (Å²) >= 11 is 0. The maximum Gasteiger partial charge on any atom is 0.254 e. The highest BCUT2D eigenvalue weighted by molar-refractivity contribution is 5.96. The molecular formula is C12H18N4O2. The zero-order valence-electron chi connectivity index (χ0n) is 10.1. The van der Waals surface area contributed by atoms with Gasteiger partial charge in [-0.05, 0) is 25.7 Å². The fraction of sp³-hybridized carbons (Fsp3) is 0.500. The molecule has 1 saturated carbocycles. The molecule has 6 nitrogen and oxygen atoms in total. The quantitative estimate of drug-likeness (QED) is 0.655. The lowest BCUT2D eigenvalue weighted by Gasteiger charge is -2.25. The Kier molecular flexibility index (Phi) is 4.75. The van der Waals surface area contributed by atoms with Gasteiger partial charge in [-0.25, -0.2) is 0 Å². The first-order valence-electron chi connectivity index (χ1n) is 5.73. The van der Waals surface area contributed by atoms with Crippen molar-refractivity contribution < 1.29 is 9.90 Å². The van der Waals surface area contributed by atoms with Crippen LogP contribution in [0.25, 0.3) is 0 Å². The van der Waals surface area contributed by atoms with Crippen LogP contribution >= 0.6 is 0 Å². The highest BCUT2D eigenvalue weighted by Gasteiger charge is 2.23. The van der Waals surface area contributed by atoms with E-state index in [1.807, 2.05) is 0 Å². The van der Waals surface area contributed by atoms with Gasteiger partial charge in [0, 0.05) is 6.20 Å². The second-order valence-electron chi connectivity index (χ2n) is 4.23. The van der Waals surface area contributed by atoms with Gasteiger partial charge in [0.1, 0.15) is 5.56 Å². The van der Waals surface area contributed by atoms with Crippen molar-refractivity contribution in [2.75, 3.05) is 5.73 Å². The van der Waals surface area contributed by atoms with Gasteiger partial charge in [0.15, 0.2) is 5.82 Å². The summed E-state index contributed by atoms with van der Waals surface area (Å²) in [4.78, 5) is 11.0.